The van der Waals surface area contributed by atoms with Gasteiger partial charge >= 0.3 is 0 Å². The van der Waals surface area contributed by atoms with Crippen molar-refractivity contribution in [3.05, 3.63) is 23.4 Å². The lowest BCUT2D eigenvalue weighted by molar-refractivity contribution is 0.0951. The van der Waals surface area contributed by atoms with E-state index in [9.17, 15) is 4.79 Å². The van der Waals surface area contributed by atoms with Gasteiger partial charge in [-0.05, 0) is 36.3 Å². The van der Waals surface area contributed by atoms with E-state index in [-0.39, 0.29) is 11.8 Å². The number of nitrogens with two attached hydrogens (primary N) is 1. The molecule has 18 heavy (non-hydrogen) atoms. The summed E-state index contributed by atoms with van der Waals surface area (Å²) in [5.74, 6) is 2.02. The second-order valence-corrected chi connectivity index (χ2v) is 5.54. The fourth-order valence-electron chi connectivity index (χ4n) is 2.01. The lowest BCUT2D eigenvalue weighted by Crippen LogP contribution is -2.26. The first kappa shape index (κ1) is 12.9. The second-order valence-electron chi connectivity index (χ2n) is 5.54. The zero-order valence-electron chi connectivity index (χ0n) is 11.2. The van der Waals surface area contributed by atoms with Crippen LogP contribution in [0.15, 0.2) is 12.1 Å². The SMILES string of the molecule is CC(C)c1cc(C(=O)NCC2CC2C)cc(N)n1. The zero-order valence-corrected chi connectivity index (χ0v) is 11.2. The smallest absolute Gasteiger partial charge is 0.251 e. The number of amides is 1. The molecule has 1 amide bonds. The third-order valence-corrected chi connectivity index (χ3v) is 3.52. The molecule has 4 heteroatoms. The van der Waals surface area contributed by atoms with Crippen LogP contribution in [-0.2, 0) is 0 Å². The number of carbonyl (C=O) groups excluding carboxylic acids is 1. The number of anilines is 1. The van der Waals surface area contributed by atoms with Gasteiger partial charge in [0.2, 0.25) is 0 Å². The van der Waals surface area contributed by atoms with E-state index < -0.39 is 0 Å². The molecule has 1 saturated carbocycles. The molecule has 98 valence electrons. The predicted octanol–water partition coefficient (Wildman–Crippen LogP) is 2.17. The fraction of sp³-hybridized carbons (Fsp3) is 0.571. The largest absolute Gasteiger partial charge is 0.384 e. The van der Waals surface area contributed by atoms with Crippen molar-refractivity contribution < 1.29 is 4.79 Å². The molecule has 1 fully saturated rings. The van der Waals surface area contributed by atoms with Crippen LogP contribution in [-0.4, -0.2) is 17.4 Å². The third kappa shape index (κ3) is 3.00. The number of hydrogen-bond donors (Lipinski definition) is 2. The molecule has 4 nitrogen and oxygen atoms in total. The van der Waals surface area contributed by atoms with Crippen LogP contribution in [0.2, 0.25) is 0 Å². The number of rotatable bonds is 4. The van der Waals surface area contributed by atoms with Gasteiger partial charge in [-0.2, -0.15) is 0 Å². The van der Waals surface area contributed by atoms with E-state index in [2.05, 4.69) is 17.2 Å². The lowest BCUT2D eigenvalue weighted by atomic mass is 10.1. The molecule has 0 aromatic carbocycles. The van der Waals surface area contributed by atoms with Gasteiger partial charge in [-0.3, -0.25) is 4.79 Å². The Kier molecular flexibility index (Phi) is 3.55. The first-order valence-corrected chi connectivity index (χ1v) is 6.53. The van der Waals surface area contributed by atoms with Crippen LogP contribution in [0.25, 0.3) is 0 Å². The molecule has 1 aromatic heterocycles. The monoisotopic (exact) mass is 247 g/mol. The molecule has 1 aliphatic carbocycles. The number of pyridine rings is 1. The summed E-state index contributed by atoms with van der Waals surface area (Å²) in [7, 11) is 0. The van der Waals surface area contributed by atoms with Gasteiger partial charge in [0.15, 0.2) is 0 Å². The molecule has 1 aromatic rings. The first-order valence-electron chi connectivity index (χ1n) is 6.53. The molecular weight excluding hydrogens is 226 g/mol. The molecule has 0 radical (unpaired) electrons. The summed E-state index contributed by atoms with van der Waals surface area (Å²) in [4.78, 5) is 16.2. The second kappa shape index (κ2) is 4.96. The van der Waals surface area contributed by atoms with E-state index in [0.717, 1.165) is 18.2 Å². The number of nitrogens with one attached hydrogen (secondary N) is 1. The number of nitrogens with zero attached hydrogens (tertiary/aromatic N) is 1. The van der Waals surface area contributed by atoms with Gasteiger partial charge < -0.3 is 11.1 Å². The van der Waals surface area contributed by atoms with Crippen LogP contribution in [0.5, 0.6) is 0 Å². The van der Waals surface area contributed by atoms with E-state index in [1.165, 1.54) is 6.42 Å². The van der Waals surface area contributed by atoms with Crippen molar-refractivity contribution >= 4 is 11.7 Å². The van der Waals surface area contributed by atoms with Crippen LogP contribution in [0.1, 0.15) is 49.2 Å². The Morgan fingerprint density at radius 3 is 2.78 bits per heavy atom. The molecule has 3 N–H and O–H groups in total. The van der Waals surface area contributed by atoms with Crippen LogP contribution < -0.4 is 11.1 Å². The summed E-state index contributed by atoms with van der Waals surface area (Å²) in [6.45, 7) is 7.04. The third-order valence-electron chi connectivity index (χ3n) is 3.52. The van der Waals surface area contributed by atoms with Crippen molar-refractivity contribution in [3.8, 4) is 0 Å². The summed E-state index contributed by atoms with van der Waals surface area (Å²) in [5, 5.41) is 2.96. The molecule has 2 rings (SSSR count). The van der Waals surface area contributed by atoms with Crippen LogP contribution in [0, 0.1) is 11.8 Å². The van der Waals surface area contributed by atoms with Crippen LogP contribution in [0.4, 0.5) is 5.82 Å². The highest BCUT2D eigenvalue weighted by molar-refractivity contribution is 5.94. The number of carbonyl (C=O) groups is 1. The van der Waals surface area contributed by atoms with Crippen molar-refractivity contribution in [2.24, 2.45) is 11.8 Å². The van der Waals surface area contributed by atoms with Crippen molar-refractivity contribution in [3.63, 3.8) is 0 Å². The highest BCUT2D eigenvalue weighted by Crippen LogP contribution is 2.36. The van der Waals surface area contributed by atoms with Crippen molar-refractivity contribution in [2.45, 2.75) is 33.1 Å². The summed E-state index contributed by atoms with van der Waals surface area (Å²) < 4.78 is 0. The van der Waals surface area contributed by atoms with E-state index in [1.807, 2.05) is 19.9 Å². The van der Waals surface area contributed by atoms with E-state index in [4.69, 9.17) is 5.73 Å². The topological polar surface area (TPSA) is 68.0 Å². The first-order chi connectivity index (χ1) is 8.47. The van der Waals surface area contributed by atoms with Gasteiger partial charge in [0.1, 0.15) is 5.82 Å². The van der Waals surface area contributed by atoms with E-state index in [0.29, 0.717) is 17.3 Å². The minimum atomic E-state index is -0.0508. The summed E-state index contributed by atoms with van der Waals surface area (Å²) >= 11 is 0. The Balaban J connectivity index is 2.04. The molecule has 2 unspecified atom stereocenters. The van der Waals surface area contributed by atoms with Gasteiger partial charge in [-0.15, -0.1) is 0 Å². The van der Waals surface area contributed by atoms with Gasteiger partial charge in [0.25, 0.3) is 5.91 Å². The van der Waals surface area contributed by atoms with Gasteiger partial charge in [0, 0.05) is 17.8 Å². The number of aromatic nitrogens is 1. The van der Waals surface area contributed by atoms with Crippen LogP contribution in [0.3, 0.4) is 0 Å². The van der Waals surface area contributed by atoms with Crippen LogP contribution >= 0.6 is 0 Å². The molecule has 2 atom stereocenters. The minimum absolute atomic E-state index is 0.0508. The normalized spacial score (nSPS) is 22.0. The number of nitrogen functional groups attached to an aromatic ring is 1. The molecular formula is C14H21N3O. The quantitative estimate of drug-likeness (QED) is 0.856. The standard InChI is InChI=1S/C14H21N3O/c1-8(2)12-5-10(6-13(15)17-12)14(18)16-7-11-4-9(11)3/h5-6,8-9,11H,4,7H2,1-3H3,(H2,15,17)(H,16,18). The zero-order chi connectivity index (χ0) is 13.3. The molecule has 1 aliphatic rings. The molecule has 1 heterocycles. The Morgan fingerprint density at radius 2 is 2.22 bits per heavy atom. The van der Waals surface area contributed by atoms with Gasteiger partial charge in [-0.1, -0.05) is 20.8 Å². The Morgan fingerprint density at radius 1 is 1.56 bits per heavy atom. The summed E-state index contributed by atoms with van der Waals surface area (Å²) in [5.41, 5.74) is 7.21. The Labute approximate surface area is 108 Å². The van der Waals surface area contributed by atoms with Crippen molar-refractivity contribution in [2.75, 3.05) is 12.3 Å². The Hall–Kier alpha value is -1.58. The number of hydrogen-bond acceptors (Lipinski definition) is 3. The predicted molar refractivity (Wildman–Crippen MR) is 72.3 cm³/mol. The van der Waals surface area contributed by atoms with E-state index in [1.54, 1.807) is 6.07 Å². The maximum absolute atomic E-state index is 12.0. The summed E-state index contributed by atoms with van der Waals surface area (Å²) in [6.07, 6.45) is 1.22. The van der Waals surface area contributed by atoms with Crippen molar-refractivity contribution in [1.82, 2.24) is 10.3 Å². The lowest BCUT2D eigenvalue weighted by Gasteiger charge is -2.09. The minimum Gasteiger partial charge on any atom is -0.384 e. The van der Waals surface area contributed by atoms with E-state index >= 15 is 0 Å². The Bertz CT molecular complexity index is 456. The average molecular weight is 247 g/mol. The highest BCUT2D eigenvalue weighted by Gasteiger charge is 2.32. The fourth-order valence-corrected chi connectivity index (χ4v) is 2.01. The molecule has 0 spiro atoms. The maximum atomic E-state index is 12.0. The summed E-state index contributed by atoms with van der Waals surface area (Å²) in [6, 6.07) is 3.46. The van der Waals surface area contributed by atoms with Crippen molar-refractivity contribution in [1.29, 1.82) is 0 Å². The molecule has 0 bridgehead atoms. The van der Waals surface area contributed by atoms with Gasteiger partial charge in [0.05, 0.1) is 0 Å². The van der Waals surface area contributed by atoms with Gasteiger partial charge in [-0.25, -0.2) is 4.98 Å². The molecule has 0 saturated heterocycles. The molecule has 0 aliphatic heterocycles. The maximum Gasteiger partial charge on any atom is 0.251 e. The highest BCUT2D eigenvalue weighted by atomic mass is 16.1. The average Bonchev–Trinajstić information content (AvgIpc) is 3.01.